The summed E-state index contributed by atoms with van der Waals surface area (Å²) in [6, 6.07) is 0. The smallest absolute Gasteiger partial charge is 0.450 e. The summed E-state index contributed by atoms with van der Waals surface area (Å²) in [7, 11) is -3.66. The largest absolute Gasteiger partial charge is 0.505 e. The highest BCUT2D eigenvalue weighted by Gasteiger charge is 2.03. The summed E-state index contributed by atoms with van der Waals surface area (Å²) < 4.78 is 30.8. The van der Waals surface area contributed by atoms with E-state index in [9.17, 15) is 13.2 Å². The molecule has 0 amide bonds. The van der Waals surface area contributed by atoms with E-state index in [0.29, 0.717) is 0 Å². The van der Waals surface area contributed by atoms with E-state index in [4.69, 9.17) is 19.9 Å². The minimum absolute atomic E-state index is 0.201. The van der Waals surface area contributed by atoms with Gasteiger partial charge in [0.1, 0.15) is 12.7 Å². The molecule has 0 rings (SSSR count). The van der Waals surface area contributed by atoms with E-state index in [-0.39, 0.29) is 12.4 Å². The molecule has 0 bridgehead atoms. The Morgan fingerprint density at radius 1 is 1.47 bits per heavy atom. The van der Waals surface area contributed by atoms with Crippen LogP contribution in [0.3, 0.4) is 0 Å². The van der Waals surface area contributed by atoms with Gasteiger partial charge in [-0.15, -0.1) is 0 Å². The lowest BCUT2D eigenvalue weighted by molar-refractivity contribution is 0.0145. The molecule has 0 radical (unpaired) electrons. The summed E-state index contributed by atoms with van der Waals surface area (Å²) >= 11 is 0. The second-order valence-corrected chi connectivity index (χ2v) is 4.03. The number of carbonyl (C=O) groups is 1. The Labute approximate surface area is 86.9 Å². The predicted octanol–water partition coefficient (Wildman–Crippen LogP) is -1.07. The molecular weight excluding hydrogens is 232 g/mol. The van der Waals surface area contributed by atoms with Gasteiger partial charge >= 0.3 is 6.16 Å². The van der Waals surface area contributed by atoms with Gasteiger partial charge in [0, 0.05) is 0 Å². The third kappa shape index (κ3) is 19.5. The van der Waals surface area contributed by atoms with Crippen molar-refractivity contribution in [3.63, 3.8) is 0 Å². The van der Waals surface area contributed by atoms with Crippen LogP contribution in [-0.4, -0.2) is 59.5 Å². The molecule has 1 atom stereocenters. The second kappa shape index (κ2) is 8.41. The van der Waals surface area contributed by atoms with Crippen molar-refractivity contribution < 1.29 is 37.8 Å². The summed E-state index contributed by atoms with van der Waals surface area (Å²) in [5.41, 5.74) is 0. The van der Waals surface area contributed by atoms with Crippen molar-refractivity contribution in [2.75, 3.05) is 19.0 Å². The fraction of sp³-hybridized carbons (Fsp3) is 0.833. The minimum atomic E-state index is -3.66. The summed E-state index contributed by atoms with van der Waals surface area (Å²) in [5.74, 6) is -0.201. The van der Waals surface area contributed by atoms with Crippen LogP contribution in [0.25, 0.3) is 0 Å². The van der Waals surface area contributed by atoms with Crippen LogP contribution in [-0.2, 0) is 14.9 Å². The van der Waals surface area contributed by atoms with Crippen LogP contribution >= 0.6 is 0 Å². The van der Waals surface area contributed by atoms with Gasteiger partial charge in [-0.1, -0.05) is 0 Å². The molecule has 0 aromatic carbocycles. The Morgan fingerprint density at radius 2 is 1.87 bits per heavy atom. The lowest BCUT2D eigenvalue weighted by atomic mass is 10.4. The van der Waals surface area contributed by atoms with Gasteiger partial charge in [0.2, 0.25) is 0 Å². The Kier molecular flexibility index (Phi) is 9.27. The van der Waals surface area contributed by atoms with Crippen LogP contribution < -0.4 is 0 Å². The maximum absolute atomic E-state index is 9.60. The monoisotopic (exact) mass is 246 g/mol. The van der Waals surface area contributed by atoms with Crippen molar-refractivity contribution in [3.8, 4) is 0 Å². The lowest BCUT2D eigenvalue weighted by Crippen LogP contribution is -2.21. The summed E-state index contributed by atoms with van der Waals surface area (Å²) in [4.78, 5) is 9.60. The van der Waals surface area contributed by atoms with Crippen LogP contribution in [0.5, 0.6) is 0 Å². The van der Waals surface area contributed by atoms with Gasteiger partial charge in [-0.3, -0.25) is 4.55 Å². The molecule has 0 aromatic rings. The van der Waals surface area contributed by atoms with Crippen LogP contribution in [0, 0.1) is 0 Å². The topological polar surface area (TPSA) is 141 Å². The van der Waals surface area contributed by atoms with Crippen molar-refractivity contribution in [1.29, 1.82) is 0 Å². The zero-order chi connectivity index (χ0) is 12.5. The molecule has 0 saturated heterocycles. The molecular formula is C6H14O8S. The fourth-order valence-electron chi connectivity index (χ4n) is 0.220. The van der Waals surface area contributed by atoms with Gasteiger partial charge < -0.3 is 20.1 Å². The average Bonchev–Trinajstić information content (AvgIpc) is 2.14. The number of ether oxygens (including phenoxy) is 1. The Morgan fingerprint density at radius 3 is 2.07 bits per heavy atom. The third-order valence-electron chi connectivity index (χ3n) is 0.975. The summed E-state index contributed by atoms with van der Waals surface area (Å²) in [6.45, 7) is 0.494. The van der Waals surface area contributed by atoms with Gasteiger partial charge in [-0.05, 0) is 6.92 Å². The first-order chi connectivity index (χ1) is 6.72. The molecule has 92 valence electrons. The van der Waals surface area contributed by atoms with Crippen molar-refractivity contribution in [3.05, 3.63) is 0 Å². The Hall–Kier alpha value is -0.900. The van der Waals surface area contributed by atoms with E-state index in [2.05, 4.69) is 4.74 Å². The quantitative estimate of drug-likeness (QED) is 0.363. The minimum Gasteiger partial charge on any atom is -0.450 e. The molecule has 8 nitrogen and oxygen atoms in total. The van der Waals surface area contributed by atoms with Crippen molar-refractivity contribution in [2.45, 2.75) is 13.0 Å². The zero-order valence-electron chi connectivity index (χ0n) is 8.03. The summed E-state index contributed by atoms with van der Waals surface area (Å²) in [6.07, 6.45) is -2.57. The van der Waals surface area contributed by atoms with E-state index >= 15 is 0 Å². The maximum atomic E-state index is 9.60. The van der Waals surface area contributed by atoms with E-state index in [1.54, 1.807) is 0 Å². The Bertz CT molecular complexity index is 258. The van der Waals surface area contributed by atoms with Crippen LogP contribution in [0.4, 0.5) is 4.79 Å². The molecule has 1 unspecified atom stereocenters. The fourth-order valence-corrected chi connectivity index (χ4v) is 0.220. The number of hydrogen-bond acceptors (Lipinski definition) is 6. The van der Waals surface area contributed by atoms with E-state index in [1.807, 2.05) is 0 Å². The molecule has 9 heteroatoms. The SMILES string of the molecule is CCS(=O)(=O)O.O=C(O)OCC(O)CO. The molecule has 0 spiro atoms. The number of aliphatic hydroxyl groups excluding tert-OH is 2. The van der Waals surface area contributed by atoms with Gasteiger partial charge in [-0.25, -0.2) is 4.79 Å². The van der Waals surface area contributed by atoms with Crippen molar-refractivity contribution in [1.82, 2.24) is 0 Å². The molecule has 0 aliphatic rings. The van der Waals surface area contributed by atoms with Gasteiger partial charge in [0.05, 0.1) is 12.4 Å². The predicted molar refractivity (Wildman–Crippen MR) is 49.2 cm³/mol. The van der Waals surface area contributed by atoms with Gasteiger partial charge in [-0.2, -0.15) is 8.42 Å². The van der Waals surface area contributed by atoms with Gasteiger partial charge in [0.25, 0.3) is 10.1 Å². The first-order valence-electron chi connectivity index (χ1n) is 3.82. The second-order valence-electron chi connectivity index (χ2n) is 2.28. The van der Waals surface area contributed by atoms with Crippen LogP contribution in [0.15, 0.2) is 0 Å². The van der Waals surface area contributed by atoms with Crippen LogP contribution in [0.1, 0.15) is 6.92 Å². The average molecular weight is 246 g/mol. The van der Waals surface area contributed by atoms with E-state index < -0.39 is 29.0 Å². The molecule has 15 heavy (non-hydrogen) atoms. The van der Waals surface area contributed by atoms with E-state index in [1.165, 1.54) is 6.92 Å². The number of hydrogen-bond donors (Lipinski definition) is 4. The van der Waals surface area contributed by atoms with E-state index in [0.717, 1.165) is 0 Å². The molecule has 0 fully saturated rings. The van der Waals surface area contributed by atoms with Crippen molar-refractivity contribution in [2.24, 2.45) is 0 Å². The first-order valence-corrected chi connectivity index (χ1v) is 5.43. The van der Waals surface area contributed by atoms with Crippen molar-refractivity contribution >= 4 is 16.3 Å². The van der Waals surface area contributed by atoms with Gasteiger partial charge in [0.15, 0.2) is 0 Å². The molecule has 0 saturated carbocycles. The molecule has 0 aliphatic carbocycles. The molecule has 0 aliphatic heterocycles. The molecule has 4 N–H and O–H groups in total. The highest BCUT2D eigenvalue weighted by molar-refractivity contribution is 7.85. The summed E-state index contributed by atoms with van der Waals surface area (Å²) in [5, 5.41) is 24.4. The standard InChI is InChI=1S/C4H8O5.C2H6O3S/c5-1-3(6)2-9-4(7)8;1-2-6(3,4)5/h3,5-6H,1-2H2,(H,7,8);2H2,1H3,(H,3,4,5). The molecule has 0 heterocycles. The third-order valence-corrected chi connectivity index (χ3v) is 1.70. The highest BCUT2D eigenvalue weighted by atomic mass is 32.2. The zero-order valence-corrected chi connectivity index (χ0v) is 8.85. The normalized spacial score (nSPS) is 12.3. The number of aliphatic hydroxyl groups is 2. The lowest BCUT2D eigenvalue weighted by Gasteiger charge is -2.03. The first kappa shape index (κ1) is 16.5. The van der Waals surface area contributed by atoms with Crippen LogP contribution in [0.2, 0.25) is 0 Å². The highest BCUT2D eigenvalue weighted by Crippen LogP contribution is 1.83. The molecule has 0 aromatic heterocycles. The maximum Gasteiger partial charge on any atom is 0.505 e. The number of carboxylic acid groups (broad SMARTS) is 1. The number of rotatable bonds is 4. The Balaban J connectivity index is 0.